The summed E-state index contributed by atoms with van der Waals surface area (Å²) in [6.07, 6.45) is 2.20. The second kappa shape index (κ2) is 11.2. The van der Waals surface area contributed by atoms with Crippen molar-refractivity contribution in [3.05, 3.63) is 0 Å². The molecule has 0 bridgehead atoms. The minimum Gasteiger partial charge on any atom is -0.379 e. The van der Waals surface area contributed by atoms with Crippen LogP contribution in [0.5, 0.6) is 0 Å². The maximum atomic E-state index is 5.28. The highest BCUT2D eigenvalue weighted by Crippen LogP contribution is 1.91. The molecule has 12 heavy (non-hydrogen) atoms. The molecule has 74 valence electrons. The Bertz CT molecular complexity index is 73.5. The second-order valence-corrected chi connectivity index (χ2v) is 2.89. The molecule has 0 atom stereocenters. The molecule has 0 saturated heterocycles. The molecular weight excluding hydrogens is 174 g/mol. The van der Waals surface area contributed by atoms with Crippen LogP contribution in [0.1, 0.15) is 12.8 Å². The van der Waals surface area contributed by atoms with E-state index in [0.717, 1.165) is 25.2 Å². The van der Waals surface area contributed by atoms with Gasteiger partial charge in [-0.1, -0.05) is 0 Å². The molecule has 2 N–H and O–H groups in total. The Hall–Kier alpha value is 0.230. The van der Waals surface area contributed by atoms with Crippen LogP contribution in [0.15, 0.2) is 0 Å². The van der Waals surface area contributed by atoms with Gasteiger partial charge in [0.1, 0.15) is 0 Å². The van der Waals surface area contributed by atoms with Gasteiger partial charge in [-0.15, -0.1) is 0 Å². The molecule has 0 fully saturated rings. The van der Waals surface area contributed by atoms with Crippen LogP contribution < -0.4 is 5.73 Å². The van der Waals surface area contributed by atoms with Crippen molar-refractivity contribution in [1.29, 1.82) is 0 Å². The molecule has 4 heteroatoms. The third-order valence-electron chi connectivity index (χ3n) is 1.33. The Labute approximate surface area is 80.0 Å². The van der Waals surface area contributed by atoms with Crippen LogP contribution in [-0.4, -0.2) is 38.7 Å². The Kier molecular flexibility index (Phi) is 11.4. The van der Waals surface area contributed by atoms with Gasteiger partial charge in [-0.25, -0.2) is 0 Å². The molecule has 0 heterocycles. The van der Waals surface area contributed by atoms with E-state index in [1.54, 1.807) is 0 Å². The Balaban J connectivity index is 2.73. The molecule has 0 amide bonds. The van der Waals surface area contributed by atoms with Crippen LogP contribution in [0.4, 0.5) is 0 Å². The average molecular weight is 193 g/mol. The summed E-state index contributed by atoms with van der Waals surface area (Å²) in [5.74, 6) is 0.938. The highest BCUT2D eigenvalue weighted by molar-refractivity contribution is 7.80. The predicted octanol–water partition coefficient (Wildman–Crippen LogP) is 0.688. The molecule has 0 aromatic rings. The maximum absolute atomic E-state index is 5.28. The Morgan fingerprint density at radius 3 is 2.17 bits per heavy atom. The average Bonchev–Trinajstić information content (AvgIpc) is 2.10. The number of nitrogens with two attached hydrogens (primary N) is 1. The van der Waals surface area contributed by atoms with E-state index in [4.69, 9.17) is 15.2 Å². The summed E-state index contributed by atoms with van der Waals surface area (Å²) in [7, 11) is 0. The summed E-state index contributed by atoms with van der Waals surface area (Å²) in [6.45, 7) is 3.34. The first-order chi connectivity index (χ1) is 5.91. The molecule has 0 aromatic heterocycles. The third-order valence-corrected chi connectivity index (χ3v) is 1.65. The Morgan fingerprint density at radius 2 is 1.58 bits per heavy atom. The van der Waals surface area contributed by atoms with E-state index in [9.17, 15) is 0 Å². The predicted molar refractivity (Wildman–Crippen MR) is 53.8 cm³/mol. The number of unbranched alkanes of at least 4 members (excludes halogenated alkanes) is 1. The molecule has 0 aliphatic rings. The Morgan fingerprint density at radius 1 is 0.917 bits per heavy atom. The maximum Gasteiger partial charge on any atom is 0.0701 e. The van der Waals surface area contributed by atoms with Gasteiger partial charge in [0.05, 0.1) is 19.8 Å². The monoisotopic (exact) mass is 193 g/mol. The fourth-order valence-corrected chi connectivity index (χ4v) is 0.945. The molecule has 0 unspecified atom stereocenters. The van der Waals surface area contributed by atoms with Gasteiger partial charge in [0.25, 0.3) is 0 Å². The molecule has 0 aromatic carbocycles. The summed E-state index contributed by atoms with van der Waals surface area (Å²) in [5, 5.41) is 0. The van der Waals surface area contributed by atoms with Crippen molar-refractivity contribution in [1.82, 2.24) is 0 Å². The lowest BCUT2D eigenvalue weighted by molar-refractivity contribution is 0.0497. The smallest absolute Gasteiger partial charge is 0.0701 e. The number of ether oxygens (including phenoxy) is 2. The number of hydrogen-bond acceptors (Lipinski definition) is 4. The second-order valence-electron chi connectivity index (χ2n) is 2.44. The molecule has 0 saturated carbocycles. The lowest BCUT2D eigenvalue weighted by atomic mass is 10.4. The molecular formula is C8H19NO2S. The van der Waals surface area contributed by atoms with E-state index in [2.05, 4.69) is 12.6 Å². The standard InChI is InChI=1S/C8H19NO2S/c9-3-5-11-7-6-10-4-1-2-8-12/h12H,1-9H2. The topological polar surface area (TPSA) is 44.5 Å². The van der Waals surface area contributed by atoms with E-state index >= 15 is 0 Å². The van der Waals surface area contributed by atoms with E-state index in [1.165, 1.54) is 0 Å². The summed E-state index contributed by atoms with van der Waals surface area (Å²) in [5.41, 5.74) is 5.23. The van der Waals surface area contributed by atoms with Gasteiger partial charge in [0, 0.05) is 13.2 Å². The van der Waals surface area contributed by atoms with Crippen molar-refractivity contribution in [2.75, 3.05) is 38.7 Å². The van der Waals surface area contributed by atoms with Crippen LogP contribution in [0.25, 0.3) is 0 Å². The van der Waals surface area contributed by atoms with Crippen LogP contribution in [0.2, 0.25) is 0 Å². The summed E-state index contributed by atoms with van der Waals surface area (Å²) in [6, 6.07) is 0. The molecule has 3 nitrogen and oxygen atoms in total. The lowest BCUT2D eigenvalue weighted by Crippen LogP contribution is -2.12. The SMILES string of the molecule is NCCOCCOCCCCS. The van der Waals surface area contributed by atoms with Crippen LogP contribution in [-0.2, 0) is 9.47 Å². The minimum atomic E-state index is 0.583. The van der Waals surface area contributed by atoms with E-state index in [1.807, 2.05) is 0 Å². The zero-order valence-electron chi connectivity index (χ0n) is 7.50. The summed E-state index contributed by atoms with van der Waals surface area (Å²) in [4.78, 5) is 0. The first-order valence-corrected chi connectivity index (χ1v) is 5.01. The van der Waals surface area contributed by atoms with Crippen LogP contribution >= 0.6 is 12.6 Å². The summed E-state index contributed by atoms with van der Waals surface area (Å²) < 4.78 is 10.4. The van der Waals surface area contributed by atoms with Gasteiger partial charge in [0.15, 0.2) is 0 Å². The molecule has 0 aliphatic carbocycles. The van der Waals surface area contributed by atoms with Gasteiger partial charge in [-0.2, -0.15) is 12.6 Å². The van der Waals surface area contributed by atoms with Gasteiger partial charge in [0.2, 0.25) is 0 Å². The lowest BCUT2D eigenvalue weighted by Gasteiger charge is -2.03. The third kappa shape index (κ3) is 10.2. The van der Waals surface area contributed by atoms with Crippen LogP contribution in [0, 0.1) is 0 Å². The fourth-order valence-electron chi connectivity index (χ4n) is 0.721. The molecule has 0 rings (SSSR count). The molecule has 0 radical (unpaired) electrons. The first kappa shape index (κ1) is 12.2. The minimum absolute atomic E-state index is 0.583. The van der Waals surface area contributed by atoms with Crippen molar-refractivity contribution < 1.29 is 9.47 Å². The van der Waals surface area contributed by atoms with Gasteiger partial charge < -0.3 is 15.2 Å². The van der Waals surface area contributed by atoms with E-state index in [-0.39, 0.29) is 0 Å². The number of hydrogen-bond donors (Lipinski definition) is 2. The van der Waals surface area contributed by atoms with Crippen molar-refractivity contribution in [3.63, 3.8) is 0 Å². The van der Waals surface area contributed by atoms with Crippen molar-refractivity contribution in [2.24, 2.45) is 5.73 Å². The highest BCUT2D eigenvalue weighted by atomic mass is 32.1. The molecule has 0 aliphatic heterocycles. The van der Waals surface area contributed by atoms with Crippen molar-refractivity contribution >= 4 is 12.6 Å². The van der Waals surface area contributed by atoms with Gasteiger partial charge in [-0.05, 0) is 18.6 Å². The largest absolute Gasteiger partial charge is 0.379 e. The van der Waals surface area contributed by atoms with Gasteiger partial charge >= 0.3 is 0 Å². The zero-order chi connectivity index (χ0) is 9.07. The van der Waals surface area contributed by atoms with Crippen LogP contribution in [0.3, 0.4) is 0 Å². The molecule has 0 spiro atoms. The first-order valence-electron chi connectivity index (χ1n) is 4.38. The number of rotatable bonds is 9. The summed E-state index contributed by atoms with van der Waals surface area (Å²) >= 11 is 4.10. The number of thiol groups is 1. The quantitative estimate of drug-likeness (QED) is 0.418. The fraction of sp³-hybridized carbons (Fsp3) is 1.00. The zero-order valence-corrected chi connectivity index (χ0v) is 8.39. The van der Waals surface area contributed by atoms with Gasteiger partial charge in [-0.3, -0.25) is 0 Å². The van der Waals surface area contributed by atoms with E-state index in [0.29, 0.717) is 26.4 Å². The van der Waals surface area contributed by atoms with E-state index < -0.39 is 0 Å². The highest BCUT2D eigenvalue weighted by Gasteiger charge is 1.88. The van der Waals surface area contributed by atoms with Crippen molar-refractivity contribution in [2.45, 2.75) is 12.8 Å². The van der Waals surface area contributed by atoms with Crippen molar-refractivity contribution in [3.8, 4) is 0 Å². The normalized spacial score (nSPS) is 10.5.